The summed E-state index contributed by atoms with van der Waals surface area (Å²) in [5.74, 6) is 0.811. The third-order valence-electron chi connectivity index (χ3n) is 5.38. The first kappa shape index (κ1) is 23.2. The second-order valence-corrected chi connectivity index (χ2v) is 8.87. The number of methoxy groups -OCH3 is 1. The van der Waals surface area contributed by atoms with Crippen molar-refractivity contribution in [1.82, 2.24) is 24.8 Å². The van der Waals surface area contributed by atoms with Crippen molar-refractivity contribution in [2.24, 2.45) is 0 Å². The van der Waals surface area contributed by atoms with Crippen molar-refractivity contribution in [3.05, 3.63) is 60.6 Å². The van der Waals surface area contributed by atoms with Crippen LogP contribution in [0.2, 0.25) is 0 Å². The van der Waals surface area contributed by atoms with Gasteiger partial charge in [0.15, 0.2) is 5.13 Å². The van der Waals surface area contributed by atoms with E-state index in [1.165, 1.54) is 16.9 Å². The highest BCUT2D eigenvalue weighted by Gasteiger charge is 2.09. The molecule has 172 valence electrons. The number of rotatable bonds is 12. The van der Waals surface area contributed by atoms with Crippen LogP contribution in [0.15, 0.2) is 55.0 Å². The van der Waals surface area contributed by atoms with Crippen molar-refractivity contribution in [2.45, 2.75) is 26.2 Å². The van der Waals surface area contributed by atoms with E-state index >= 15 is 0 Å². The molecule has 0 radical (unpaired) electrons. The number of aromatic nitrogens is 4. The van der Waals surface area contributed by atoms with Gasteiger partial charge in [0, 0.05) is 37.8 Å². The van der Waals surface area contributed by atoms with Gasteiger partial charge < -0.3 is 15.0 Å². The molecule has 0 saturated heterocycles. The van der Waals surface area contributed by atoms with Gasteiger partial charge in [-0.1, -0.05) is 18.3 Å². The van der Waals surface area contributed by atoms with Crippen molar-refractivity contribution < 1.29 is 4.74 Å². The van der Waals surface area contributed by atoms with Crippen LogP contribution in [0.25, 0.3) is 21.6 Å². The summed E-state index contributed by atoms with van der Waals surface area (Å²) in [6.45, 7) is 6.18. The quantitative estimate of drug-likeness (QED) is 0.311. The third-order valence-corrected chi connectivity index (χ3v) is 6.26. The summed E-state index contributed by atoms with van der Waals surface area (Å²) in [5, 5.41) is 4.15. The largest absolute Gasteiger partial charge is 0.383 e. The highest BCUT2D eigenvalue weighted by Crippen LogP contribution is 2.29. The number of thiazole rings is 1. The second-order valence-electron chi connectivity index (χ2n) is 7.89. The van der Waals surface area contributed by atoms with E-state index in [2.05, 4.69) is 44.2 Å². The van der Waals surface area contributed by atoms with Gasteiger partial charge in [0.1, 0.15) is 16.2 Å². The number of anilines is 2. The monoisotopic (exact) mass is 462 g/mol. The molecule has 4 rings (SSSR count). The minimum absolute atomic E-state index is 0.782. The van der Waals surface area contributed by atoms with Crippen molar-refractivity contribution in [2.75, 3.05) is 38.7 Å². The molecule has 0 aliphatic carbocycles. The van der Waals surface area contributed by atoms with Crippen molar-refractivity contribution >= 4 is 32.6 Å². The first-order valence-corrected chi connectivity index (χ1v) is 12.2. The van der Waals surface area contributed by atoms with Gasteiger partial charge >= 0.3 is 0 Å². The first-order valence-electron chi connectivity index (χ1n) is 11.4. The molecule has 4 heterocycles. The van der Waals surface area contributed by atoms with Crippen LogP contribution in [0.1, 0.15) is 25.3 Å². The number of hydrogen-bond donors (Lipinski definition) is 1. The number of ether oxygens (including phenoxy) is 1. The Labute approximate surface area is 198 Å². The normalized spacial score (nSPS) is 11.4. The average molecular weight is 463 g/mol. The molecule has 0 aliphatic heterocycles. The topological polar surface area (TPSA) is 76.1 Å². The molecule has 0 atom stereocenters. The fourth-order valence-electron chi connectivity index (χ4n) is 3.74. The van der Waals surface area contributed by atoms with E-state index in [0.717, 1.165) is 78.1 Å². The molecular formula is C25H30N6OS. The molecule has 0 aliphatic rings. The molecule has 33 heavy (non-hydrogen) atoms. The second kappa shape index (κ2) is 11.8. The highest BCUT2D eigenvalue weighted by molar-refractivity contribution is 7.21. The van der Waals surface area contributed by atoms with Crippen LogP contribution in [-0.4, -0.2) is 58.2 Å². The van der Waals surface area contributed by atoms with Gasteiger partial charge in [-0.2, -0.15) is 0 Å². The molecule has 7 nitrogen and oxygen atoms in total. The van der Waals surface area contributed by atoms with Gasteiger partial charge in [-0.05, 0) is 74.3 Å². The zero-order chi connectivity index (χ0) is 22.9. The number of fused-ring (bicyclic) bond motifs is 1. The summed E-state index contributed by atoms with van der Waals surface area (Å²) in [5.41, 5.74) is 4.12. The maximum absolute atomic E-state index is 5.24. The van der Waals surface area contributed by atoms with E-state index in [-0.39, 0.29) is 0 Å². The third kappa shape index (κ3) is 6.54. The fraction of sp³-hybridized carbons (Fsp3) is 0.360. The summed E-state index contributed by atoms with van der Waals surface area (Å²) in [7, 11) is 1.76. The number of nitrogens with one attached hydrogen (secondary N) is 1. The van der Waals surface area contributed by atoms with E-state index in [4.69, 9.17) is 9.72 Å². The lowest BCUT2D eigenvalue weighted by atomic mass is 10.1. The van der Waals surface area contributed by atoms with Gasteiger partial charge in [-0.25, -0.2) is 15.0 Å². The van der Waals surface area contributed by atoms with Crippen LogP contribution >= 0.6 is 11.3 Å². The standard InChI is InChI=1S/C25H30N6OS/c1-3-14-31(16-17-32-2)15-4-5-19-8-13-27-23(18-19)30-25-29-22-7-6-21(28-24(22)33-25)20-9-11-26-12-10-20/h6-13,18H,3-5,14-17H2,1-2H3,(H,27,29,30). The molecule has 1 N–H and O–H groups in total. The minimum Gasteiger partial charge on any atom is -0.383 e. The van der Waals surface area contributed by atoms with Crippen molar-refractivity contribution in [3.8, 4) is 11.3 Å². The predicted molar refractivity (Wildman–Crippen MR) is 135 cm³/mol. The average Bonchev–Trinajstić information content (AvgIpc) is 3.24. The van der Waals surface area contributed by atoms with Gasteiger partial charge in [0.25, 0.3) is 0 Å². The Balaban J connectivity index is 1.38. The van der Waals surface area contributed by atoms with Crippen molar-refractivity contribution in [3.63, 3.8) is 0 Å². The van der Waals surface area contributed by atoms with Crippen LogP contribution in [0, 0.1) is 0 Å². The Bertz CT molecular complexity index is 1150. The molecule has 0 saturated carbocycles. The highest BCUT2D eigenvalue weighted by atomic mass is 32.1. The van der Waals surface area contributed by atoms with E-state index < -0.39 is 0 Å². The summed E-state index contributed by atoms with van der Waals surface area (Å²) < 4.78 is 5.24. The summed E-state index contributed by atoms with van der Waals surface area (Å²) >= 11 is 1.53. The smallest absolute Gasteiger partial charge is 0.190 e. The number of aryl methyl sites for hydroxylation is 1. The Morgan fingerprint density at radius 1 is 1.00 bits per heavy atom. The lowest BCUT2D eigenvalue weighted by Gasteiger charge is -2.21. The summed E-state index contributed by atoms with van der Waals surface area (Å²) in [6, 6.07) is 12.1. The van der Waals surface area contributed by atoms with Crippen LogP contribution in [0.3, 0.4) is 0 Å². The maximum Gasteiger partial charge on any atom is 0.190 e. The zero-order valence-corrected chi connectivity index (χ0v) is 20.0. The summed E-state index contributed by atoms with van der Waals surface area (Å²) in [6.07, 6.45) is 8.70. The van der Waals surface area contributed by atoms with Gasteiger partial charge in [-0.15, -0.1) is 0 Å². The Morgan fingerprint density at radius 2 is 1.88 bits per heavy atom. The van der Waals surface area contributed by atoms with Crippen LogP contribution in [0.5, 0.6) is 0 Å². The van der Waals surface area contributed by atoms with Crippen LogP contribution in [-0.2, 0) is 11.2 Å². The van der Waals surface area contributed by atoms with E-state index in [1.54, 1.807) is 19.5 Å². The fourth-order valence-corrected chi connectivity index (χ4v) is 4.59. The molecule has 4 aromatic rings. The van der Waals surface area contributed by atoms with Gasteiger partial charge in [0.2, 0.25) is 0 Å². The molecule has 8 heteroatoms. The van der Waals surface area contributed by atoms with Crippen molar-refractivity contribution in [1.29, 1.82) is 0 Å². The molecule has 0 spiro atoms. The lowest BCUT2D eigenvalue weighted by Crippen LogP contribution is -2.29. The van der Waals surface area contributed by atoms with E-state index in [9.17, 15) is 0 Å². The van der Waals surface area contributed by atoms with E-state index in [1.807, 2.05) is 30.5 Å². The Morgan fingerprint density at radius 3 is 2.70 bits per heavy atom. The van der Waals surface area contributed by atoms with Gasteiger partial charge in [-0.3, -0.25) is 4.98 Å². The number of nitrogens with zero attached hydrogens (tertiary/aromatic N) is 5. The van der Waals surface area contributed by atoms with E-state index in [0.29, 0.717) is 0 Å². The summed E-state index contributed by atoms with van der Waals surface area (Å²) in [4.78, 5) is 21.4. The Kier molecular flexibility index (Phi) is 8.30. The molecule has 4 aromatic heterocycles. The minimum atomic E-state index is 0.782. The molecule has 0 bridgehead atoms. The van der Waals surface area contributed by atoms with Gasteiger partial charge in [0.05, 0.1) is 12.3 Å². The molecule has 0 amide bonds. The number of pyridine rings is 3. The zero-order valence-electron chi connectivity index (χ0n) is 19.2. The van der Waals surface area contributed by atoms with Crippen LogP contribution < -0.4 is 5.32 Å². The maximum atomic E-state index is 5.24. The molecule has 0 unspecified atom stereocenters. The molecule has 0 fully saturated rings. The predicted octanol–water partition coefficient (Wildman–Crippen LogP) is 5.18. The SMILES string of the molecule is CCCN(CCCc1ccnc(Nc2nc3ccc(-c4ccncc4)nc3s2)c1)CCOC. The lowest BCUT2D eigenvalue weighted by molar-refractivity contribution is 0.147. The Hall–Kier alpha value is -2.94. The molecule has 0 aromatic carbocycles. The van der Waals surface area contributed by atoms with Crippen LogP contribution in [0.4, 0.5) is 10.9 Å². The first-order chi connectivity index (χ1) is 16.2. The number of hydrogen-bond acceptors (Lipinski definition) is 8. The molecular weight excluding hydrogens is 432 g/mol.